The smallest absolute Gasteiger partial charge is 0.338 e. The van der Waals surface area contributed by atoms with Crippen molar-refractivity contribution in [1.82, 2.24) is 5.16 Å². The zero-order chi connectivity index (χ0) is 14.5. The SMILES string of the molecule is CCOc1ccc(/C=C/c2noc(C)c2[N+](=O)[O-])cc1. The first-order valence-electron chi connectivity index (χ1n) is 6.13. The minimum atomic E-state index is -0.496. The Morgan fingerprint density at radius 1 is 1.35 bits per heavy atom. The standard InChI is InChI=1S/C14H14N2O4/c1-3-19-12-7-4-11(5-8-12)6-9-13-14(16(17)18)10(2)20-15-13/h4-9H,3H2,1-2H3/b9-6+. The summed E-state index contributed by atoms with van der Waals surface area (Å²) in [7, 11) is 0. The highest BCUT2D eigenvalue weighted by Gasteiger charge is 2.21. The number of hydrogen-bond donors (Lipinski definition) is 0. The number of nitro groups is 1. The van der Waals surface area contributed by atoms with Gasteiger partial charge in [-0.15, -0.1) is 0 Å². The number of nitrogens with zero attached hydrogens (tertiary/aromatic N) is 2. The van der Waals surface area contributed by atoms with E-state index in [1.807, 2.05) is 31.2 Å². The summed E-state index contributed by atoms with van der Waals surface area (Å²) in [6.45, 7) is 4.04. The summed E-state index contributed by atoms with van der Waals surface area (Å²) in [5.74, 6) is 0.981. The molecule has 2 aromatic rings. The molecule has 1 heterocycles. The van der Waals surface area contributed by atoms with Crippen LogP contribution in [-0.4, -0.2) is 16.7 Å². The molecule has 0 N–H and O–H groups in total. The molecule has 1 aromatic heterocycles. The van der Waals surface area contributed by atoms with Gasteiger partial charge in [-0.3, -0.25) is 10.1 Å². The molecular weight excluding hydrogens is 260 g/mol. The van der Waals surface area contributed by atoms with Crippen LogP contribution < -0.4 is 4.74 Å². The Morgan fingerprint density at radius 2 is 2.05 bits per heavy atom. The van der Waals surface area contributed by atoms with E-state index in [1.54, 1.807) is 12.2 Å². The molecule has 2 rings (SSSR count). The van der Waals surface area contributed by atoms with Gasteiger partial charge in [-0.25, -0.2) is 0 Å². The van der Waals surface area contributed by atoms with Crippen molar-refractivity contribution in [3.63, 3.8) is 0 Å². The van der Waals surface area contributed by atoms with Crippen molar-refractivity contribution < 1.29 is 14.2 Å². The van der Waals surface area contributed by atoms with Crippen LogP contribution in [0, 0.1) is 17.0 Å². The summed E-state index contributed by atoms with van der Waals surface area (Å²) in [6, 6.07) is 7.40. The van der Waals surface area contributed by atoms with Crippen LogP contribution in [0.1, 0.15) is 23.9 Å². The Labute approximate surface area is 115 Å². The number of hydrogen-bond acceptors (Lipinski definition) is 5. The van der Waals surface area contributed by atoms with Gasteiger partial charge in [-0.2, -0.15) is 0 Å². The van der Waals surface area contributed by atoms with Crippen LogP contribution in [0.4, 0.5) is 5.69 Å². The van der Waals surface area contributed by atoms with E-state index in [2.05, 4.69) is 5.16 Å². The van der Waals surface area contributed by atoms with Crippen LogP contribution >= 0.6 is 0 Å². The first kappa shape index (κ1) is 13.8. The van der Waals surface area contributed by atoms with Crippen LogP contribution in [-0.2, 0) is 0 Å². The molecule has 6 nitrogen and oxygen atoms in total. The molecule has 1 aromatic carbocycles. The lowest BCUT2D eigenvalue weighted by molar-refractivity contribution is -0.386. The molecule has 0 saturated carbocycles. The van der Waals surface area contributed by atoms with Gasteiger partial charge < -0.3 is 9.26 Å². The van der Waals surface area contributed by atoms with Crippen molar-refractivity contribution in [3.05, 3.63) is 51.4 Å². The second kappa shape index (κ2) is 6.01. The average molecular weight is 274 g/mol. The summed E-state index contributed by atoms with van der Waals surface area (Å²) in [6.07, 6.45) is 3.30. The van der Waals surface area contributed by atoms with E-state index in [9.17, 15) is 10.1 Å². The maximum Gasteiger partial charge on any atom is 0.338 e. The lowest BCUT2D eigenvalue weighted by Crippen LogP contribution is -1.91. The summed E-state index contributed by atoms with van der Waals surface area (Å²) in [4.78, 5) is 10.4. The normalized spacial score (nSPS) is 10.9. The molecule has 0 atom stereocenters. The lowest BCUT2D eigenvalue weighted by Gasteiger charge is -2.01. The largest absolute Gasteiger partial charge is 0.494 e. The van der Waals surface area contributed by atoms with Gasteiger partial charge in [-0.1, -0.05) is 23.4 Å². The maximum atomic E-state index is 10.9. The fourth-order valence-electron chi connectivity index (χ4n) is 1.73. The number of ether oxygens (including phenoxy) is 1. The molecule has 0 fully saturated rings. The minimum absolute atomic E-state index is 0.104. The van der Waals surface area contributed by atoms with Crippen molar-refractivity contribution in [1.29, 1.82) is 0 Å². The van der Waals surface area contributed by atoms with Gasteiger partial charge in [0.1, 0.15) is 5.75 Å². The highest BCUT2D eigenvalue weighted by atomic mass is 16.6. The molecule has 6 heteroatoms. The van der Waals surface area contributed by atoms with Gasteiger partial charge >= 0.3 is 5.69 Å². The predicted octanol–water partition coefficient (Wildman–Crippen LogP) is 3.46. The number of rotatable bonds is 5. The topological polar surface area (TPSA) is 78.4 Å². The van der Waals surface area contributed by atoms with Gasteiger partial charge in [0.05, 0.1) is 11.5 Å². The van der Waals surface area contributed by atoms with E-state index >= 15 is 0 Å². The van der Waals surface area contributed by atoms with Gasteiger partial charge in [0.15, 0.2) is 5.69 Å². The van der Waals surface area contributed by atoms with E-state index in [-0.39, 0.29) is 17.1 Å². The van der Waals surface area contributed by atoms with Crippen LogP contribution in [0.3, 0.4) is 0 Å². The van der Waals surface area contributed by atoms with Crippen molar-refractivity contribution in [2.45, 2.75) is 13.8 Å². The summed E-state index contributed by atoms with van der Waals surface area (Å²) < 4.78 is 10.2. The Morgan fingerprint density at radius 3 is 2.65 bits per heavy atom. The molecule has 0 aliphatic rings. The molecule has 0 aliphatic heterocycles. The third-order valence-electron chi connectivity index (χ3n) is 2.66. The predicted molar refractivity (Wildman–Crippen MR) is 74.4 cm³/mol. The monoisotopic (exact) mass is 274 g/mol. The number of benzene rings is 1. The Bertz CT molecular complexity index is 629. The number of aromatic nitrogens is 1. The molecule has 20 heavy (non-hydrogen) atoms. The fourth-order valence-corrected chi connectivity index (χ4v) is 1.73. The van der Waals surface area contributed by atoms with Crippen molar-refractivity contribution in [2.75, 3.05) is 6.61 Å². The average Bonchev–Trinajstić information content (AvgIpc) is 2.79. The quantitative estimate of drug-likeness (QED) is 0.616. The van der Waals surface area contributed by atoms with Gasteiger partial charge in [0.25, 0.3) is 0 Å². The highest BCUT2D eigenvalue weighted by molar-refractivity contribution is 5.72. The van der Waals surface area contributed by atoms with Gasteiger partial charge in [-0.05, 0) is 30.7 Å². The van der Waals surface area contributed by atoms with E-state index in [1.165, 1.54) is 6.92 Å². The zero-order valence-electron chi connectivity index (χ0n) is 11.2. The van der Waals surface area contributed by atoms with Gasteiger partial charge in [0, 0.05) is 6.92 Å². The van der Waals surface area contributed by atoms with Crippen LogP contribution in [0.2, 0.25) is 0 Å². The molecule has 0 aliphatic carbocycles. The zero-order valence-corrected chi connectivity index (χ0v) is 11.2. The van der Waals surface area contributed by atoms with Gasteiger partial charge in [0.2, 0.25) is 5.76 Å². The van der Waals surface area contributed by atoms with E-state index in [0.717, 1.165) is 11.3 Å². The second-order valence-electron chi connectivity index (χ2n) is 4.07. The molecule has 0 amide bonds. The first-order valence-corrected chi connectivity index (χ1v) is 6.13. The highest BCUT2D eigenvalue weighted by Crippen LogP contribution is 2.24. The molecule has 0 spiro atoms. The molecule has 0 bridgehead atoms. The van der Waals surface area contributed by atoms with Crippen LogP contribution in [0.15, 0.2) is 28.8 Å². The third-order valence-corrected chi connectivity index (χ3v) is 2.66. The van der Waals surface area contributed by atoms with Crippen LogP contribution in [0.5, 0.6) is 5.75 Å². The lowest BCUT2D eigenvalue weighted by atomic mass is 10.2. The summed E-state index contributed by atoms with van der Waals surface area (Å²) in [5.41, 5.74) is 0.997. The molecule has 0 radical (unpaired) electrons. The Balaban J connectivity index is 2.19. The Kier molecular flexibility index (Phi) is 4.14. The molecule has 104 valence electrons. The fraction of sp³-hybridized carbons (Fsp3) is 0.214. The van der Waals surface area contributed by atoms with Crippen molar-refractivity contribution >= 4 is 17.8 Å². The summed E-state index contributed by atoms with van der Waals surface area (Å²) >= 11 is 0. The molecule has 0 unspecified atom stereocenters. The van der Waals surface area contributed by atoms with E-state index in [0.29, 0.717) is 6.61 Å². The van der Waals surface area contributed by atoms with E-state index < -0.39 is 4.92 Å². The summed E-state index contributed by atoms with van der Waals surface area (Å²) in [5, 5.41) is 14.6. The third kappa shape index (κ3) is 3.03. The van der Waals surface area contributed by atoms with E-state index in [4.69, 9.17) is 9.26 Å². The second-order valence-corrected chi connectivity index (χ2v) is 4.07. The molecular formula is C14H14N2O4. The molecule has 0 saturated heterocycles. The van der Waals surface area contributed by atoms with Crippen molar-refractivity contribution in [2.24, 2.45) is 0 Å². The Hall–Kier alpha value is -2.63. The maximum absolute atomic E-state index is 10.9. The van der Waals surface area contributed by atoms with Crippen molar-refractivity contribution in [3.8, 4) is 5.75 Å². The number of aryl methyl sites for hydroxylation is 1. The van der Waals surface area contributed by atoms with Crippen LogP contribution in [0.25, 0.3) is 12.2 Å². The minimum Gasteiger partial charge on any atom is -0.494 e. The first-order chi connectivity index (χ1) is 9.61.